The summed E-state index contributed by atoms with van der Waals surface area (Å²) in [6, 6.07) is 17.0. The third kappa shape index (κ3) is 3.16. The molecule has 6 heteroatoms. The predicted molar refractivity (Wildman–Crippen MR) is 119 cm³/mol. The van der Waals surface area contributed by atoms with Crippen LogP contribution in [-0.4, -0.2) is 22.7 Å². The summed E-state index contributed by atoms with van der Waals surface area (Å²) in [5.74, 6) is -0.333. The molecule has 142 valence electrons. The van der Waals surface area contributed by atoms with E-state index in [0.29, 0.717) is 21.3 Å². The van der Waals surface area contributed by atoms with Gasteiger partial charge in [-0.15, -0.1) is 0 Å². The number of benzene rings is 2. The third-order valence-corrected chi connectivity index (χ3v) is 6.29. The lowest BCUT2D eigenvalue weighted by molar-refractivity contribution is -0.115. The molecule has 2 amide bonds. The largest absolute Gasteiger partial charge is 0.308 e. The summed E-state index contributed by atoms with van der Waals surface area (Å²) in [6.07, 6.45) is 3.10. The van der Waals surface area contributed by atoms with Gasteiger partial charge in [-0.3, -0.25) is 14.5 Å². The number of hydrogen-bond acceptors (Lipinski definition) is 4. The number of hydrogen-bond donors (Lipinski definition) is 0. The fraction of sp³-hybridized carbons (Fsp3) is 0.227. The van der Waals surface area contributed by atoms with Crippen molar-refractivity contribution in [2.45, 2.75) is 26.2 Å². The number of anilines is 2. The van der Waals surface area contributed by atoms with E-state index < -0.39 is 0 Å². The molecule has 2 aromatic carbocycles. The Morgan fingerprint density at radius 2 is 1.64 bits per heavy atom. The van der Waals surface area contributed by atoms with E-state index in [1.54, 1.807) is 4.90 Å². The number of carbonyl (C=O) groups excluding carboxylic acids is 2. The zero-order chi connectivity index (χ0) is 19.7. The van der Waals surface area contributed by atoms with E-state index in [2.05, 4.69) is 6.92 Å². The second-order valence-corrected chi connectivity index (χ2v) is 8.37. The van der Waals surface area contributed by atoms with Crippen LogP contribution in [0.15, 0.2) is 59.5 Å². The van der Waals surface area contributed by atoms with Crippen molar-refractivity contribution in [3.8, 4) is 0 Å². The maximum atomic E-state index is 13.3. The van der Waals surface area contributed by atoms with Gasteiger partial charge in [0, 0.05) is 12.1 Å². The van der Waals surface area contributed by atoms with Crippen LogP contribution in [0.25, 0.3) is 5.57 Å². The van der Waals surface area contributed by atoms with Crippen molar-refractivity contribution in [1.82, 2.24) is 0 Å². The van der Waals surface area contributed by atoms with E-state index in [-0.39, 0.29) is 11.8 Å². The average molecular weight is 409 g/mol. The van der Waals surface area contributed by atoms with E-state index in [1.165, 1.54) is 16.7 Å². The lowest BCUT2D eigenvalue weighted by Crippen LogP contribution is -2.29. The Hall–Kier alpha value is -2.44. The van der Waals surface area contributed by atoms with Crippen LogP contribution < -0.4 is 9.80 Å². The van der Waals surface area contributed by atoms with Gasteiger partial charge in [-0.25, -0.2) is 0 Å². The Morgan fingerprint density at radius 1 is 0.929 bits per heavy atom. The Bertz CT molecular complexity index is 985. The molecule has 0 N–H and O–H groups in total. The van der Waals surface area contributed by atoms with Gasteiger partial charge in [0.2, 0.25) is 0 Å². The number of para-hydroxylation sites is 2. The van der Waals surface area contributed by atoms with Crippen molar-refractivity contribution in [1.29, 1.82) is 0 Å². The smallest absolute Gasteiger partial charge is 0.271 e. The highest BCUT2D eigenvalue weighted by molar-refractivity contribution is 8.27. The lowest BCUT2D eigenvalue weighted by Gasteiger charge is -2.16. The number of fused-ring (bicyclic) bond motifs is 1. The van der Waals surface area contributed by atoms with E-state index >= 15 is 0 Å². The fourth-order valence-corrected chi connectivity index (χ4v) is 4.93. The van der Waals surface area contributed by atoms with Crippen LogP contribution in [0.5, 0.6) is 0 Å². The number of rotatable bonds is 5. The molecule has 2 aromatic rings. The molecule has 28 heavy (non-hydrogen) atoms. The number of nitrogens with zero attached hydrogens (tertiary/aromatic N) is 2. The minimum Gasteiger partial charge on any atom is -0.308 e. The molecule has 0 radical (unpaired) electrons. The van der Waals surface area contributed by atoms with Crippen LogP contribution in [0, 0.1) is 0 Å². The first kappa shape index (κ1) is 18.9. The maximum Gasteiger partial charge on any atom is 0.271 e. The van der Waals surface area contributed by atoms with Crippen molar-refractivity contribution in [3.05, 3.63) is 65.1 Å². The lowest BCUT2D eigenvalue weighted by atomic mass is 10.1. The predicted octanol–water partition coefficient (Wildman–Crippen LogP) is 5.00. The monoisotopic (exact) mass is 408 g/mol. The average Bonchev–Trinajstić information content (AvgIpc) is 3.15. The minimum absolute atomic E-state index is 0.106. The van der Waals surface area contributed by atoms with Crippen molar-refractivity contribution in [2.75, 3.05) is 16.3 Å². The van der Waals surface area contributed by atoms with Crippen LogP contribution in [-0.2, 0) is 9.59 Å². The van der Waals surface area contributed by atoms with Crippen molar-refractivity contribution < 1.29 is 9.59 Å². The van der Waals surface area contributed by atoms with Gasteiger partial charge in [0.15, 0.2) is 4.32 Å². The Balaban J connectivity index is 1.75. The highest BCUT2D eigenvalue weighted by atomic mass is 32.2. The zero-order valence-corrected chi connectivity index (χ0v) is 17.2. The first-order valence-electron chi connectivity index (χ1n) is 9.40. The minimum atomic E-state index is -0.227. The molecule has 0 atom stereocenters. The maximum absolute atomic E-state index is 13.3. The molecule has 0 unspecified atom stereocenters. The molecule has 0 bridgehead atoms. The summed E-state index contributed by atoms with van der Waals surface area (Å²) >= 11 is 6.69. The van der Waals surface area contributed by atoms with Gasteiger partial charge >= 0.3 is 0 Å². The van der Waals surface area contributed by atoms with Crippen molar-refractivity contribution in [3.63, 3.8) is 0 Å². The summed E-state index contributed by atoms with van der Waals surface area (Å²) in [4.78, 5) is 30.2. The first-order valence-corrected chi connectivity index (χ1v) is 10.6. The van der Waals surface area contributed by atoms with Gasteiger partial charge in [0.1, 0.15) is 0 Å². The van der Waals surface area contributed by atoms with Crippen LogP contribution in [0.4, 0.5) is 11.4 Å². The standard InChI is InChI=1S/C22H20N2O2S2/c1-2-3-9-14-23-17-13-8-7-12-16(17)18(20(23)25)19-21(26)24(22(27)28-19)15-10-5-4-6-11-15/h4-8,10-13H,2-3,9,14H2,1H3. The Morgan fingerprint density at radius 3 is 2.39 bits per heavy atom. The molecule has 1 fully saturated rings. The number of thiocarbonyl (C=S) groups is 1. The molecule has 0 aromatic heterocycles. The first-order chi connectivity index (χ1) is 13.6. The third-order valence-electron chi connectivity index (χ3n) is 4.92. The molecule has 0 spiro atoms. The van der Waals surface area contributed by atoms with Gasteiger partial charge in [0.25, 0.3) is 11.8 Å². The molecule has 2 heterocycles. The number of amides is 2. The van der Waals surface area contributed by atoms with Gasteiger partial charge < -0.3 is 4.90 Å². The molecule has 1 saturated heterocycles. The van der Waals surface area contributed by atoms with Gasteiger partial charge in [-0.2, -0.15) is 0 Å². The van der Waals surface area contributed by atoms with Gasteiger partial charge in [-0.05, 0) is 24.6 Å². The zero-order valence-electron chi connectivity index (χ0n) is 15.6. The van der Waals surface area contributed by atoms with E-state index in [0.717, 1.165) is 36.2 Å². The topological polar surface area (TPSA) is 40.6 Å². The molecule has 4 rings (SSSR count). The molecular formula is C22H20N2O2S2. The summed E-state index contributed by atoms with van der Waals surface area (Å²) in [5, 5.41) is 0. The molecule has 2 aliphatic heterocycles. The summed E-state index contributed by atoms with van der Waals surface area (Å²) < 4.78 is 0.452. The fourth-order valence-electron chi connectivity index (χ4n) is 3.56. The van der Waals surface area contributed by atoms with E-state index in [1.807, 2.05) is 54.6 Å². The molecular weight excluding hydrogens is 388 g/mol. The summed E-state index contributed by atoms with van der Waals surface area (Å²) in [5.41, 5.74) is 2.89. The van der Waals surface area contributed by atoms with Crippen molar-refractivity contribution >= 4 is 57.1 Å². The molecule has 4 nitrogen and oxygen atoms in total. The molecule has 0 aliphatic carbocycles. The van der Waals surface area contributed by atoms with Gasteiger partial charge in [0.05, 0.1) is 21.9 Å². The second kappa shape index (κ2) is 7.89. The highest BCUT2D eigenvalue weighted by Crippen LogP contribution is 2.45. The van der Waals surface area contributed by atoms with Crippen LogP contribution >= 0.6 is 24.0 Å². The number of thioether (sulfide) groups is 1. The van der Waals surface area contributed by atoms with Crippen molar-refractivity contribution in [2.24, 2.45) is 0 Å². The van der Waals surface area contributed by atoms with Crippen LogP contribution in [0.2, 0.25) is 0 Å². The van der Waals surface area contributed by atoms with Crippen LogP contribution in [0.3, 0.4) is 0 Å². The molecule has 2 aliphatic rings. The van der Waals surface area contributed by atoms with E-state index in [4.69, 9.17) is 12.2 Å². The normalized spacial score (nSPS) is 19.0. The van der Waals surface area contributed by atoms with Gasteiger partial charge in [-0.1, -0.05) is 80.1 Å². The van der Waals surface area contributed by atoms with E-state index in [9.17, 15) is 9.59 Å². The van der Waals surface area contributed by atoms with Crippen LogP contribution in [0.1, 0.15) is 31.7 Å². The SMILES string of the molecule is CCCCCN1C(=O)C(=C2SC(=S)N(c3ccccc3)C2=O)c2ccccc21. The summed E-state index contributed by atoms with van der Waals surface area (Å²) in [6.45, 7) is 2.80. The Kier molecular flexibility index (Phi) is 5.33. The molecule has 0 saturated carbocycles. The quantitative estimate of drug-likeness (QED) is 0.397. The Labute approximate surface area is 174 Å². The summed E-state index contributed by atoms with van der Waals surface area (Å²) in [7, 11) is 0. The number of carbonyl (C=O) groups is 2. The number of unbranched alkanes of at least 4 members (excludes halogenated alkanes) is 2. The highest BCUT2D eigenvalue weighted by Gasteiger charge is 2.42. The second-order valence-electron chi connectivity index (χ2n) is 6.73.